The average Bonchev–Trinajstić information content (AvgIpc) is 2.41. The smallest absolute Gasteiger partial charge is 0.199 e. The summed E-state index contributed by atoms with van der Waals surface area (Å²) in [7, 11) is -3.67. The molecule has 0 N–H and O–H groups in total. The molecule has 0 aliphatic carbocycles. The van der Waals surface area contributed by atoms with E-state index in [0.29, 0.717) is 15.0 Å². The summed E-state index contributed by atoms with van der Waals surface area (Å²) in [6.45, 7) is 1.78. The van der Waals surface area contributed by atoms with Crippen LogP contribution in [0.3, 0.4) is 0 Å². The molecule has 1 heterocycles. The van der Waals surface area contributed by atoms with E-state index in [0.717, 1.165) is 11.1 Å². The lowest BCUT2D eigenvalue weighted by atomic mass is 10.2. The van der Waals surface area contributed by atoms with Gasteiger partial charge in [0, 0.05) is 15.5 Å². The first-order chi connectivity index (χ1) is 9.47. The second kappa shape index (κ2) is 4.91. The van der Waals surface area contributed by atoms with Gasteiger partial charge in [0.05, 0.1) is 0 Å². The van der Waals surface area contributed by atoms with E-state index in [1.54, 1.807) is 19.1 Å². The van der Waals surface area contributed by atoms with Gasteiger partial charge in [0.25, 0.3) is 10.0 Å². The molecule has 0 unspecified atom stereocenters. The van der Waals surface area contributed by atoms with Gasteiger partial charge in [0.1, 0.15) is 9.94 Å². The number of nitrogens with zero attached hydrogens (tertiary/aromatic N) is 1. The predicted molar refractivity (Wildman–Crippen MR) is 82.2 cm³/mol. The summed E-state index contributed by atoms with van der Waals surface area (Å²) in [4.78, 5) is 0.846. The van der Waals surface area contributed by atoms with Gasteiger partial charge in [-0.1, -0.05) is 53.7 Å². The normalized spacial score (nSPS) is 16.4. The maximum Gasteiger partial charge on any atom is 0.284 e. The summed E-state index contributed by atoms with van der Waals surface area (Å²) in [5, 5.41) is 1.03. The van der Waals surface area contributed by atoms with Crippen molar-refractivity contribution >= 4 is 38.4 Å². The Morgan fingerprint density at radius 2 is 1.85 bits per heavy atom. The van der Waals surface area contributed by atoms with Crippen LogP contribution in [0.5, 0.6) is 0 Å². The third kappa shape index (κ3) is 2.37. The Balaban J connectivity index is 2.18. The standard InChI is InChI=1S/C14H10ClNO2S2/c1-9-7-13-12(8-11(9)15)19-14(16-20(13,17)18)10-5-3-2-4-6-10/h2-8H,1H3. The Labute approximate surface area is 126 Å². The van der Waals surface area contributed by atoms with E-state index < -0.39 is 10.0 Å². The van der Waals surface area contributed by atoms with Crippen LogP contribution in [0.2, 0.25) is 5.02 Å². The first kappa shape index (κ1) is 13.7. The minimum Gasteiger partial charge on any atom is -0.199 e. The van der Waals surface area contributed by atoms with Crippen molar-refractivity contribution in [1.29, 1.82) is 0 Å². The van der Waals surface area contributed by atoms with Gasteiger partial charge >= 0.3 is 0 Å². The van der Waals surface area contributed by atoms with E-state index in [1.165, 1.54) is 11.8 Å². The Kier molecular flexibility index (Phi) is 3.36. The Morgan fingerprint density at radius 3 is 2.55 bits per heavy atom. The molecule has 102 valence electrons. The van der Waals surface area contributed by atoms with Crippen molar-refractivity contribution in [1.82, 2.24) is 0 Å². The molecule has 0 aromatic heterocycles. The Morgan fingerprint density at radius 1 is 1.15 bits per heavy atom. The highest BCUT2D eigenvalue weighted by Gasteiger charge is 2.27. The van der Waals surface area contributed by atoms with E-state index in [4.69, 9.17) is 11.6 Å². The van der Waals surface area contributed by atoms with Crippen molar-refractivity contribution in [3.8, 4) is 0 Å². The summed E-state index contributed by atoms with van der Waals surface area (Å²) >= 11 is 7.41. The zero-order chi connectivity index (χ0) is 14.3. The number of thioether (sulfide) groups is 1. The lowest BCUT2D eigenvalue weighted by Crippen LogP contribution is -2.10. The van der Waals surface area contributed by atoms with Gasteiger partial charge in [-0.25, -0.2) is 0 Å². The van der Waals surface area contributed by atoms with Crippen LogP contribution in [-0.2, 0) is 10.0 Å². The summed E-state index contributed by atoms with van der Waals surface area (Å²) in [6, 6.07) is 12.5. The molecular weight excluding hydrogens is 314 g/mol. The van der Waals surface area contributed by atoms with Gasteiger partial charge in [-0.05, 0) is 24.6 Å². The van der Waals surface area contributed by atoms with Gasteiger partial charge in [0.15, 0.2) is 0 Å². The van der Waals surface area contributed by atoms with Crippen LogP contribution in [-0.4, -0.2) is 13.5 Å². The monoisotopic (exact) mass is 323 g/mol. The lowest BCUT2D eigenvalue weighted by molar-refractivity contribution is 0.595. The molecule has 3 rings (SSSR count). The molecule has 0 radical (unpaired) electrons. The predicted octanol–water partition coefficient (Wildman–Crippen LogP) is 3.89. The maximum atomic E-state index is 12.3. The quantitative estimate of drug-likeness (QED) is 0.800. The second-order valence-electron chi connectivity index (χ2n) is 4.39. The number of fused-ring (bicyclic) bond motifs is 1. The number of hydrogen-bond acceptors (Lipinski definition) is 3. The summed E-state index contributed by atoms with van der Waals surface area (Å²) in [6.07, 6.45) is 0. The minimum atomic E-state index is -3.67. The number of aryl methyl sites for hydroxylation is 1. The van der Waals surface area contributed by atoms with Crippen molar-refractivity contribution < 1.29 is 8.42 Å². The van der Waals surface area contributed by atoms with Crippen LogP contribution in [0.15, 0.2) is 56.7 Å². The summed E-state index contributed by atoms with van der Waals surface area (Å²) in [5.74, 6) is 0. The fourth-order valence-corrected chi connectivity index (χ4v) is 4.86. The average molecular weight is 324 g/mol. The molecule has 0 spiro atoms. The van der Waals surface area contributed by atoms with E-state index >= 15 is 0 Å². The van der Waals surface area contributed by atoms with Gasteiger partial charge in [-0.15, -0.1) is 0 Å². The maximum absolute atomic E-state index is 12.3. The van der Waals surface area contributed by atoms with Crippen molar-refractivity contribution in [2.24, 2.45) is 4.40 Å². The third-order valence-corrected chi connectivity index (χ3v) is 5.98. The molecule has 0 fully saturated rings. The SMILES string of the molecule is Cc1cc2c(cc1Cl)SC(c1ccccc1)=NS2(=O)=O. The minimum absolute atomic E-state index is 0.226. The third-order valence-electron chi connectivity index (χ3n) is 2.93. The lowest BCUT2D eigenvalue weighted by Gasteiger charge is -2.16. The molecule has 3 nitrogen and oxygen atoms in total. The zero-order valence-electron chi connectivity index (χ0n) is 10.5. The number of hydrogen-bond donors (Lipinski definition) is 0. The van der Waals surface area contributed by atoms with Crippen molar-refractivity contribution in [3.63, 3.8) is 0 Å². The first-order valence-electron chi connectivity index (χ1n) is 5.86. The summed E-state index contributed by atoms with van der Waals surface area (Å²) in [5.41, 5.74) is 1.51. The van der Waals surface area contributed by atoms with Crippen molar-refractivity contribution in [2.75, 3.05) is 0 Å². The molecule has 20 heavy (non-hydrogen) atoms. The topological polar surface area (TPSA) is 46.5 Å². The van der Waals surface area contributed by atoms with Crippen LogP contribution in [0.4, 0.5) is 0 Å². The molecule has 0 amide bonds. The highest BCUT2D eigenvalue weighted by Crippen LogP contribution is 2.38. The van der Waals surface area contributed by atoms with E-state index in [9.17, 15) is 8.42 Å². The first-order valence-corrected chi connectivity index (χ1v) is 8.49. The van der Waals surface area contributed by atoms with E-state index in [-0.39, 0.29) is 4.90 Å². The van der Waals surface area contributed by atoms with Crippen LogP contribution in [0.1, 0.15) is 11.1 Å². The van der Waals surface area contributed by atoms with Crippen LogP contribution in [0.25, 0.3) is 0 Å². The molecule has 1 aliphatic rings. The number of halogens is 1. The molecule has 2 aromatic carbocycles. The molecule has 1 aliphatic heterocycles. The van der Waals surface area contributed by atoms with E-state index in [1.807, 2.05) is 30.3 Å². The number of benzene rings is 2. The van der Waals surface area contributed by atoms with Crippen LogP contribution in [0, 0.1) is 6.92 Å². The van der Waals surface area contributed by atoms with Crippen LogP contribution < -0.4 is 0 Å². The van der Waals surface area contributed by atoms with Gasteiger partial charge < -0.3 is 0 Å². The Bertz CT molecular complexity index is 815. The van der Waals surface area contributed by atoms with Crippen LogP contribution >= 0.6 is 23.4 Å². The molecule has 0 saturated heterocycles. The van der Waals surface area contributed by atoms with Crippen molar-refractivity contribution in [2.45, 2.75) is 16.7 Å². The highest BCUT2D eigenvalue weighted by molar-refractivity contribution is 8.16. The fraction of sp³-hybridized carbons (Fsp3) is 0.0714. The van der Waals surface area contributed by atoms with Gasteiger partial charge in [0.2, 0.25) is 0 Å². The molecular formula is C14H10ClNO2S2. The van der Waals surface area contributed by atoms with Gasteiger partial charge in [-0.2, -0.15) is 12.8 Å². The van der Waals surface area contributed by atoms with E-state index in [2.05, 4.69) is 4.40 Å². The fourth-order valence-electron chi connectivity index (χ4n) is 1.89. The molecule has 0 saturated carbocycles. The van der Waals surface area contributed by atoms with Crippen molar-refractivity contribution in [3.05, 3.63) is 58.6 Å². The number of rotatable bonds is 1. The van der Waals surface area contributed by atoms with Gasteiger partial charge in [-0.3, -0.25) is 0 Å². The number of sulfonamides is 1. The zero-order valence-corrected chi connectivity index (χ0v) is 12.9. The second-order valence-corrected chi connectivity index (χ2v) is 7.40. The largest absolute Gasteiger partial charge is 0.284 e. The highest BCUT2D eigenvalue weighted by atomic mass is 35.5. The molecule has 0 bridgehead atoms. The molecule has 6 heteroatoms. The molecule has 2 aromatic rings. The Hall–Kier alpha value is -1.30. The summed E-state index contributed by atoms with van der Waals surface area (Å²) < 4.78 is 28.5. The molecule has 0 atom stereocenters.